The second-order valence-corrected chi connectivity index (χ2v) is 3.26. The van der Waals surface area contributed by atoms with E-state index < -0.39 is 0 Å². The molecule has 0 amide bonds. The first-order valence-electron chi connectivity index (χ1n) is 3.41. The zero-order chi connectivity index (χ0) is 8.10. The molecular formula is C8H9NOS. The molecule has 0 aliphatic rings. The molecule has 0 aliphatic carbocycles. The van der Waals surface area contributed by atoms with Crippen LogP contribution in [0.5, 0.6) is 0 Å². The van der Waals surface area contributed by atoms with Crippen molar-refractivity contribution in [3.8, 4) is 0 Å². The molecule has 0 saturated carbocycles. The van der Waals surface area contributed by atoms with Crippen molar-refractivity contribution in [3.05, 3.63) is 23.9 Å². The minimum absolute atomic E-state index is 0.630. The van der Waals surface area contributed by atoms with Crippen molar-refractivity contribution >= 4 is 18.0 Å². The van der Waals surface area contributed by atoms with E-state index in [1.54, 1.807) is 24.0 Å². The van der Waals surface area contributed by atoms with Gasteiger partial charge in [0.25, 0.3) is 0 Å². The molecule has 1 heterocycles. The molecule has 3 heteroatoms. The molecule has 0 N–H and O–H groups in total. The second-order valence-electron chi connectivity index (χ2n) is 1.98. The van der Waals surface area contributed by atoms with Gasteiger partial charge in [0.1, 0.15) is 0 Å². The number of nitrogens with zero attached hydrogens (tertiary/aromatic N) is 1. The Balaban J connectivity index is 2.74. The van der Waals surface area contributed by atoms with Crippen molar-refractivity contribution in [3.63, 3.8) is 0 Å². The molecule has 0 spiro atoms. The van der Waals surface area contributed by atoms with E-state index in [9.17, 15) is 4.79 Å². The van der Waals surface area contributed by atoms with Crippen molar-refractivity contribution in [1.29, 1.82) is 0 Å². The molecule has 0 atom stereocenters. The standard InChI is InChI=1S/C8H9NOS/c1-2-11-8-4-3-7(6-10)5-9-8/h3-6H,2H2,1H3. The molecule has 1 aromatic heterocycles. The van der Waals surface area contributed by atoms with Gasteiger partial charge in [0, 0.05) is 11.8 Å². The highest BCUT2D eigenvalue weighted by Crippen LogP contribution is 2.13. The molecule has 0 bridgehead atoms. The molecule has 2 nitrogen and oxygen atoms in total. The van der Waals surface area contributed by atoms with E-state index in [1.807, 2.05) is 6.07 Å². The van der Waals surface area contributed by atoms with Gasteiger partial charge in [-0.15, -0.1) is 11.8 Å². The lowest BCUT2D eigenvalue weighted by Gasteiger charge is -1.95. The Morgan fingerprint density at radius 2 is 2.45 bits per heavy atom. The Morgan fingerprint density at radius 3 is 2.91 bits per heavy atom. The van der Waals surface area contributed by atoms with Crippen LogP contribution in [0.4, 0.5) is 0 Å². The van der Waals surface area contributed by atoms with Crippen molar-refractivity contribution in [2.24, 2.45) is 0 Å². The van der Waals surface area contributed by atoms with Crippen molar-refractivity contribution in [2.45, 2.75) is 11.9 Å². The summed E-state index contributed by atoms with van der Waals surface area (Å²) >= 11 is 1.67. The number of carbonyl (C=O) groups excluding carboxylic acids is 1. The van der Waals surface area contributed by atoms with E-state index in [1.165, 1.54) is 0 Å². The monoisotopic (exact) mass is 167 g/mol. The van der Waals surface area contributed by atoms with E-state index in [0.717, 1.165) is 17.1 Å². The average Bonchev–Trinajstić information content (AvgIpc) is 2.07. The van der Waals surface area contributed by atoms with Gasteiger partial charge < -0.3 is 0 Å². The van der Waals surface area contributed by atoms with E-state index in [-0.39, 0.29) is 0 Å². The topological polar surface area (TPSA) is 30.0 Å². The summed E-state index contributed by atoms with van der Waals surface area (Å²) in [6.45, 7) is 2.07. The average molecular weight is 167 g/mol. The predicted octanol–water partition coefficient (Wildman–Crippen LogP) is 2.01. The van der Waals surface area contributed by atoms with Gasteiger partial charge in [-0.1, -0.05) is 6.92 Å². The van der Waals surface area contributed by atoms with Crippen LogP contribution in [0.2, 0.25) is 0 Å². The van der Waals surface area contributed by atoms with Crippen LogP contribution >= 0.6 is 11.8 Å². The maximum absolute atomic E-state index is 10.2. The van der Waals surface area contributed by atoms with Crippen LogP contribution in [0.3, 0.4) is 0 Å². The van der Waals surface area contributed by atoms with Gasteiger partial charge in [-0.3, -0.25) is 4.79 Å². The van der Waals surface area contributed by atoms with Crippen molar-refractivity contribution < 1.29 is 4.79 Å². The molecule has 0 aliphatic heterocycles. The van der Waals surface area contributed by atoms with Gasteiger partial charge in [0.2, 0.25) is 0 Å². The quantitative estimate of drug-likeness (QED) is 0.509. The van der Waals surface area contributed by atoms with Crippen LogP contribution in [0.1, 0.15) is 17.3 Å². The Morgan fingerprint density at radius 1 is 1.64 bits per heavy atom. The molecule has 0 unspecified atom stereocenters. The number of aldehydes is 1. The largest absolute Gasteiger partial charge is 0.298 e. The minimum Gasteiger partial charge on any atom is -0.298 e. The number of carbonyl (C=O) groups is 1. The van der Waals surface area contributed by atoms with E-state index in [2.05, 4.69) is 11.9 Å². The lowest BCUT2D eigenvalue weighted by molar-refractivity contribution is 0.112. The minimum atomic E-state index is 0.630. The first kappa shape index (κ1) is 8.27. The highest BCUT2D eigenvalue weighted by atomic mass is 32.2. The number of hydrogen-bond acceptors (Lipinski definition) is 3. The van der Waals surface area contributed by atoms with Gasteiger partial charge in [-0.2, -0.15) is 0 Å². The molecule has 0 saturated heterocycles. The first-order valence-corrected chi connectivity index (χ1v) is 4.39. The Labute approximate surface area is 70.0 Å². The zero-order valence-electron chi connectivity index (χ0n) is 6.28. The Bertz CT molecular complexity index is 232. The van der Waals surface area contributed by atoms with E-state index in [4.69, 9.17) is 0 Å². The van der Waals surface area contributed by atoms with Crippen LogP contribution in [0.25, 0.3) is 0 Å². The lowest BCUT2D eigenvalue weighted by Crippen LogP contribution is -1.83. The zero-order valence-corrected chi connectivity index (χ0v) is 7.10. The summed E-state index contributed by atoms with van der Waals surface area (Å²) in [4.78, 5) is 14.3. The molecule has 0 radical (unpaired) electrons. The summed E-state index contributed by atoms with van der Waals surface area (Å²) in [5.74, 6) is 1.01. The Kier molecular flexibility index (Phi) is 3.11. The summed E-state index contributed by atoms with van der Waals surface area (Å²) in [6, 6.07) is 3.63. The third kappa shape index (κ3) is 2.35. The summed E-state index contributed by atoms with van der Waals surface area (Å²) in [6.07, 6.45) is 2.39. The smallest absolute Gasteiger partial charge is 0.151 e. The van der Waals surface area contributed by atoms with Crippen LogP contribution in [-0.4, -0.2) is 17.0 Å². The fourth-order valence-electron chi connectivity index (χ4n) is 0.695. The summed E-state index contributed by atoms with van der Waals surface area (Å²) < 4.78 is 0. The highest BCUT2D eigenvalue weighted by molar-refractivity contribution is 7.99. The number of aromatic nitrogens is 1. The van der Waals surface area contributed by atoms with Crippen LogP contribution in [0.15, 0.2) is 23.4 Å². The maximum atomic E-state index is 10.2. The van der Waals surface area contributed by atoms with Gasteiger partial charge in [0.15, 0.2) is 6.29 Å². The normalized spacial score (nSPS) is 9.55. The predicted molar refractivity (Wildman–Crippen MR) is 46.0 cm³/mol. The van der Waals surface area contributed by atoms with Gasteiger partial charge >= 0.3 is 0 Å². The molecule has 1 aromatic rings. The van der Waals surface area contributed by atoms with Crippen LogP contribution in [-0.2, 0) is 0 Å². The highest BCUT2D eigenvalue weighted by Gasteiger charge is 1.92. The second kappa shape index (κ2) is 4.13. The SMILES string of the molecule is CCSc1ccc(C=O)cn1. The summed E-state index contributed by atoms with van der Waals surface area (Å²) in [7, 11) is 0. The number of rotatable bonds is 3. The molecule has 58 valence electrons. The summed E-state index contributed by atoms with van der Waals surface area (Å²) in [5.41, 5.74) is 0.630. The molecule has 11 heavy (non-hydrogen) atoms. The number of pyridine rings is 1. The van der Waals surface area contributed by atoms with Crippen LogP contribution < -0.4 is 0 Å². The number of hydrogen-bond donors (Lipinski definition) is 0. The molecule has 1 rings (SSSR count). The van der Waals surface area contributed by atoms with Gasteiger partial charge in [0.05, 0.1) is 5.03 Å². The molecule has 0 fully saturated rings. The third-order valence-corrected chi connectivity index (χ3v) is 2.01. The van der Waals surface area contributed by atoms with E-state index >= 15 is 0 Å². The summed E-state index contributed by atoms with van der Waals surface area (Å²) in [5, 5.41) is 0.970. The maximum Gasteiger partial charge on any atom is 0.151 e. The van der Waals surface area contributed by atoms with Gasteiger partial charge in [-0.25, -0.2) is 4.98 Å². The Hall–Kier alpha value is -0.830. The van der Waals surface area contributed by atoms with Gasteiger partial charge in [-0.05, 0) is 17.9 Å². The fourth-order valence-corrected chi connectivity index (χ4v) is 1.28. The first-order chi connectivity index (χ1) is 5.36. The van der Waals surface area contributed by atoms with Crippen molar-refractivity contribution in [1.82, 2.24) is 4.98 Å². The van der Waals surface area contributed by atoms with Crippen molar-refractivity contribution in [2.75, 3.05) is 5.75 Å². The molecule has 0 aromatic carbocycles. The third-order valence-electron chi connectivity index (χ3n) is 1.19. The number of thioether (sulfide) groups is 1. The molecular weight excluding hydrogens is 158 g/mol. The lowest BCUT2D eigenvalue weighted by atomic mass is 10.3. The van der Waals surface area contributed by atoms with Crippen LogP contribution in [0, 0.1) is 0 Å². The van der Waals surface area contributed by atoms with E-state index in [0.29, 0.717) is 5.56 Å². The fraction of sp³-hybridized carbons (Fsp3) is 0.250.